The number of nitrogens with zero attached hydrogens (tertiary/aromatic N) is 5. The number of carbonyl (C=O) groups excluding carboxylic acids is 2. The average Bonchev–Trinajstić information content (AvgIpc) is 3.12. The van der Waals surface area contributed by atoms with Gasteiger partial charge in [0.2, 0.25) is 5.91 Å². The fraction of sp³-hybridized carbons (Fsp3) is 0.250. The van der Waals surface area contributed by atoms with E-state index >= 15 is 0 Å². The van der Waals surface area contributed by atoms with Gasteiger partial charge in [-0.1, -0.05) is 0 Å². The Bertz CT molecular complexity index is 1010. The van der Waals surface area contributed by atoms with Crippen LogP contribution in [0.4, 0.5) is 0 Å². The second-order valence-electron chi connectivity index (χ2n) is 6.79. The number of pyridine rings is 2. The quantitative estimate of drug-likeness (QED) is 0.732. The monoisotopic (exact) mass is 378 g/mol. The highest BCUT2D eigenvalue weighted by Crippen LogP contribution is 2.23. The van der Waals surface area contributed by atoms with E-state index < -0.39 is 5.91 Å². The predicted octanol–water partition coefficient (Wildman–Crippen LogP) is 2.22. The van der Waals surface area contributed by atoms with Crippen LogP contribution in [-0.2, 0) is 0 Å². The fourth-order valence-corrected chi connectivity index (χ4v) is 2.56. The largest absolute Gasteiger partial charge is 0.366 e. The molecule has 0 radical (unpaired) electrons. The van der Waals surface area contributed by atoms with E-state index in [0.717, 1.165) is 5.69 Å². The van der Waals surface area contributed by atoms with Crippen molar-refractivity contribution < 1.29 is 9.59 Å². The highest BCUT2D eigenvalue weighted by Gasteiger charge is 2.21. The third-order valence-corrected chi connectivity index (χ3v) is 4.47. The second kappa shape index (κ2) is 7.59. The summed E-state index contributed by atoms with van der Waals surface area (Å²) in [5, 5.41) is 4.50. The van der Waals surface area contributed by atoms with Crippen molar-refractivity contribution in [3.05, 3.63) is 59.7 Å². The van der Waals surface area contributed by atoms with Gasteiger partial charge in [0.05, 0.1) is 28.8 Å². The maximum Gasteiger partial charge on any atom is 0.274 e. The van der Waals surface area contributed by atoms with Crippen LogP contribution in [0.15, 0.2) is 42.7 Å². The first-order valence-electron chi connectivity index (χ1n) is 8.84. The van der Waals surface area contributed by atoms with E-state index in [1.165, 1.54) is 6.20 Å². The molecule has 144 valence electrons. The highest BCUT2D eigenvalue weighted by atomic mass is 16.2. The Morgan fingerprint density at radius 1 is 1.11 bits per heavy atom. The molecule has 0 aliphatic heterocycles. The normalized spacial score (nSPS) is 10.9. The van der Waals surface area contributed by atoms with Crippen LogP contribution < -0.4 is 5.73 Å². The molecule has 3 heterocycles. The molecule has 0 fully saturated rings. The molecule has 0 saturated heterocycles. The number of aromatic nitrogens is 4. The molecule has 0 saturated carbocycles. The standard InChI is InChI=1S/C20H22N6O2/c1-12(2)25(4)20(28)17-9-18(16-8-6-14(10-23-16)19(21)27)26(24-17)15-7-5-13(3)22-11-15/h5-12H,1-4H3,(H2,21,27). The minimum Gasteiger partial charge on any atom is -0.366 e. The van der Waals surface area contributed by atoms with Gasteiger partial charge in [0, 0.05) is 25.0 Å². The van der Waals surface area contributed by atoms with E-state index in [4.69, 9.17) is 5.73 Å². The summed E-state index contributed by atoms with van der Waals surface area (Å²) in [5.41, 5.74) is 8.64. The molecule has 2 N–H and O–H groups in total. The zero-order valence-corrected chi connectivity index (χ0v) is 16.2. The van der Waals surface area contributed by atoms with Gasteiger partial charge in [-0.05, 0) is 51.1 Å². The first-order chi connectivity index (χ1) is 13.3. The van der Waals surface area contributed by atoms with Crippen LogP contribution in [-0.4, -0.2) is 49.6 Å². The van der Waals surface area contributed by atoms with Gasteiger partial charge in [-0.15, -0.1) is 0 Å². The minimum absolute atomic E-state index is 0.0371. The third-order valence-electron chi connectivity index (χ3n) is 4.47. The van der Waals surface area contributed by atoms with Crippen molar-refractivity contribution in [2.75, 3.05) is 7.05 Å². The topological polar surface area (TPSA) is 107 Å². The Morgan fingerprint density at radius 2 is 1.86 bits per heavy atom. The number of hydrogen-bond donors (Lipinski definition) is 1. The first-order valence-corrected chi connectivity index (χ1v) is 8.84. The molecule has 28 heavy (non-hydrogen) atoms. The summed E-state index contributed by atoms with van der Waals surface area (Å²) < 4.78 is 1.63. The van der Waals surface area contributed by atoms with Crippen molar-refractivity contribution in [3.63, 3.8) is 0 Å². The second-order valence-corrected chi connectivity index (χ2v) is 6.79. The Labute approximate surface area is 163 Å². The number of nitrogens with two attached hydrogens (primary N) is 1. The summed E-state index contributed by atoms with van der Waals surface area (Å²) in [6.07, 6.45) is 3.09. The molecule has 8 heteroatoms. The lowest BCUT2D eigenvalue weighted by atomic mass is 10.2. The van der Waals surface area contributed by atoms with E-state index in [1.807, 2.05) is 32.9 Å². The summed E-state index contributed by atoms with van der Waals surface area (Å²) in [6, 6.07) is 8.73. The lowest BCUT2D eigenvalue weighted by molar-refractivity contribution is 0.0748. The van der Waals surface area contributed by atoms with Gasteiger partial charge in [0.1, 0.15) is 0 Å². The van der Waals surface area contributed by atoms with Gasteiger partial charge < -0.3 is 10.6 Å². The molecule has 0 aromatic carbocycles. The van der Waals surface area contributed by atoms with Gasteiger partial charge in [0.25, 0.3) is 5.91 Å². The first kappa shape index (κ1) is 19.2. The van der Waals surface area contributed by atoms with Crippen LogP contribution in [0.25, 0.3) is 17.1 Å². The molecule has 8 nitrogen and oxygen atoms in total. The minimum atomic E-state index is -0.551. The van der Waals surface area contributed by atoms with Crippen molar-refractivity contribution in [3.8, 4) is 17.1 Å². The third kappa shape index (κ3) is 3.75. The molecule has 0 spiro atoms. The van der Waals surface area contributed by atoms with Crippen molar-refractivity contribution in [2.45, 2.75) is 26.8 Å². The molecule has 0 bridgehead atoms. The van der Waals surface area contributed by atoms with Crippen molar-refractivity contribution in [1.82, 2.24) is 24.6 Å². The van der Waals surface area contributed by atoms with Gasteiger partial charge in [-0.3, -0.25) is 19.6 Å². The molecular weight excluding hydrogens is 356 g/mol. The van der Waals surface area contributed by atoms with Crippen molar-refractivity contribution in [1.29, 1.82) is 0 Å². The van der Waals surface area contributed by atoms with Crippen LogP contribution in [0.2, 0.25) is 0 Å². The Hall–Kier alpha value is -3.55. The zero-order valence-electron chi connectivity index (χ0n) is 16.2. The van der Waals surface area contributed by atoms with Gasteiger partial charge in [0.15, 0.2) is 5.69 Å². The summed E-state index contributed by atoms with van der Waals surface area (Å²) in [4.78, 5) is 34.3. The SMILES string of the molecule is Cc1ccc(-n2nc(C(=O)N(C)C(C)C)cc2-c2ccc(C(N)=O)cn2)cn1. The summed E-state index contributed by atoms with van der Waals surface area (Å²) >= 11 is 0. The number of primary amides is 1. The van der Waals surface area contributed by atoms with Crippen LogP contribution >= 0.6 is 0 Å². The van der Waals surface area contributed by atoms with Crippen molar-refractivity contribution >= 4 is 11.8 Å². The zero-order chi connectivity index (χ0) is 20.4. The van der Waals surface area contributed by atoms with Gasteiger partial charge in [-0.2, -0.15) is 5.10 Å². The highest BCUT2D eigenvalue weighted by molar-refractivity contribution is 5.94. The van der Waals surface area contributed by atoms with Gasteiger partial charge >= 0.3 is 0 Å². The maximum absolute atomic E-state index is 12.8. The Balaban J connectivity index is 2.12. The van der Waals surface area contributed by atoms with Gasteiger partial charge in [-0.25, -0.2) is 4.68 Å². The molecule has 0 aliphatic carbocycles. The molecule has 3 aromatic heterocycles. The molecule has 3 aromatic rings. The predicted molar refractivity (Wildman–Crippen MR) is 105 cm³/mol. The molecule has 0 atom stereocenters. The van der Waals surface area contributed by atoms with E-state index in [0.29, 0.717) is 28.3 Å². The van der Waals surface area contributed by atoms with E-state index in [2.05, 4.69) is 15.1 Å². The molecule has 2 amide bonds. The van der Waals surface area contributed by atoms with Crippen LogP contribution in [0.5, 0.6) is 0 Å². The van der Waals surface area contributed by atoms with E-state index in [9.17, 15) is 9.59 Å². The number of hydrogen-bond acceptors (Lipinski definition) is 5. The fourth-order valence-electron chi connectivity index (χ4n) is 2.56. The average molecular weight is 378 g/mol. The van der Waals surface area contributed by atoms with Crippen LogP contribution in [0.1, 0.15) is 40.4 Å². The Kier molecular flexibility index (Phi) is 5.21. The summed E-state index contributed by atoms with van der Waals surface area (Å²) in [6.45, 7) is 5.76. The number of carbonyl (C=O) groups is 2. The van der Waals surface area contributed by atoms with E-state index in [-0.39, 0.29) is 11.9 Å². The lowest BCUT2D eigenvalue weighted by Crippen LogP contribution is -2.33. The van der Waals surface area contributed by atoms with E-state index in [1.54, 1.807) is 41.0 Å². The summed E-state index contributed by atoms with van der Waals surface area (Å²) in [5.74, 6) is -0.742. The molecule has 0 aliphatic rings. The summed E-state index contributed by atoms with van der Waals surface area (Å²) in [7, 11) is 1.74. The maximum atomic E-state index is 12.8. The van der Waals surface area contributed by atoms with Crippen LogP contribution in [0.3, 0.4) is 0 Å². The van der Waals surface area contributed by atoms with Crippen LogP contribution in [0, 0.1) is 6.92 Å². The number of rotatable bonds is 5. The Morgan fingerprint density at radius 3 is 2.39 bits per heavy atom. The number of aryl methyl sites for hydroxylation is 1. The lowest BCUT2D eigenvalue weighted by Gasteiger charge is -2.19. The smallest absolute Gasteiger partial charge is 0.274 e. The number of amides is 2. The molecule has 0 unspecified atom stereocenters. The molecular formula is C20H22N6O2. The van der Waals surface area contributed by atoms with Crippen molar-refractivity contribution in [2.24, 2.45) is 5.73 Å². The molecule has 3 rings (SSSR count).